The number of hydrogen-bond donors (Lipinski definition) is 6. The number of nitrogens with two attached hydrogens (primary N) is 6. The van der Waals surface area contributed by atoms with Crippen molar-refractivity contribution in [1.82, 2.24) is 0 Å². The van der Waals surface area contributed by atoms with Gasteiger partial charge in [0.1, 0.15) is 0 Å². The van der Waals surface area contributed by atoms with Crippen LogP contribution >= 0.6 is 0 Å². The lowest BCUT2D eigenvalue weighted by Crippen LogP contribution is -2.25. The molecule has 12 N–H and O–H groups in total. The Labute approximate surface area is 68.2 Å². The smallest absolute Gasteiger partial charge is 0.0134 e. The summed E-state index contributed by atoms with van der Waals surface area (Å²) in [6.45, 7) is 3.65. The summed E-state index contributed by atoms with van der Waals surface area (Å²) in [6, 6.07) is 0.162. The molecule has 0 aliphatic carbocycles. The molecule has 0 heterocycles. The Bertz CT molecular complexity index is 38.0. The summed E-state index contributed by atoms with van der Waals surface area (Å²) in [5.41, 5.74) is 20.0. The summed E-state index contributed by atoms with van der Waals surface area (Å²) >= 11 is 0. The van der Waals surface area contributed by atoms with E-state index < -0.39 is 0 Å². The minimum absolute atomic E-state index is 0.162. The van der Waals surface area contributed by atoms with E-state index >= 15 is 0 Å². The van der Waals surface area contributed by atoms with Crippen molar-refractivity contribution < 1.29 is 0 Å². The van der Waals surface area contributed by atoms with E-state index in [1.807, 2.05) is 6.92 Å². The highest BCUT2D eigenvalue weighted by Crippen LogP contribution is 1.59. The van der Waals surface area contributed by atoms with Gasteiger partial charge in [-0.25, -0.2) is 0 Å². The second-order valence-corrected chi connectivity index (χ2v) is 1.79. The van der Waals surface area contributed by atoms with Crippen molar-refractivity contribution in [3.63, 3.8) is 0 Å². The van der Waals surface area contributed by atoms with Crippen LogP contribution < -0.4 is 34.6 Å². The predicted molar refractivity (Wildman–Crippen MR) is 49.2 cm³/mol. The molecule has 0 aromatic rings. The van der Waals surface area contributed by atoms with Crippen molar-refractivity contribution in [3.05, 3.63) is 0 Å². The highest BCUT2D eigenvalue weighted by atomic mass is 15.0. The van der Waals surface area contributed by atoms with Crippen LogP contribution in [0, 0.1) is 0 Å². The van der Waals surface area contributed by atoms with E-state index in [2.05, 4.69) is 11.7 Å². The number of hydrazine groups is 1. The van der Waals surface area contributed by atoms with Crippen molar-refractivity contribution in [2.45, 2.75) is 13.0 Å². The molecule has 0 amide bonds. The summed E-state index contributed by atoms with van der Waals surface area (Å²) in [5.74, 6) is 8.00. The molecule has 72 valence electrons. The zero-order chi connectivity index (χ0) is 9.70. The van der Waals surface area contributed by atoms with Crippen molar-refractivity contribution in [2.75, 3.05) is 19.6 Å². The summed E-state index contributed by atoms with van der Waals surface area (Å²) in [5, 5.41) is 0. The minimum Gasteiger partial charge on any atom is -0.329 e. The van der Waals surface area contributed by atoms with Gasteiger partial charge in [0.15, 0.2) is 0 Å². The van der Waals surface area contributed by atoms with Gasteiger partial charge in [-0.2, -0.15) is 0 Å². The molecule has 1 atom stereocenters. The van der Waals surface area contributed by atoms with Crippen LogP contribution in [0.15, 0.2) is 0 Å². The lowest BCUT2D eigenvalue weighted by atomic mass is 10.4. The molecular weight excluding hydrogens is 144 g/mol. The Morgan fingerprint density at radius 2 is 1.18 bits per heavy atom. The van der Waals surface area contributed by atoms with E-state index in [0.717, 1.165) is 0 Å². The zero-order valence-electron chi connectivity index (χ0n) is 7.16. The van der Waals surface area contributed by atoms with Crippen LogP contribution in [0.5, 0.6) is 0 Å². The first-order valence-electron chi connectivity index (χ1n) is 3.38. The average Bonchev–Trinajstić information content (AvgIpc) is 2.08. The highest BCUT2D eigenvalue weighted by molar-refractivity contribution is 4.48. The van der Waals surface area contributed by atoms with Gasteiger partial charge in [0.05, 0.1) is 0 Å². The molecule has 0 rings (SSSR count). The van der Waals surface area contributed by atoms with Crippen LogP contribution in [0.3, 0.4) is 0 Å². The van der Waals surface area contributed by atoms with Gasteiger partial charge in [0, 0.05) is 25.7 Å². The number of hydrogen-bond acceptors (Lipinski definition) is 6. The van der Waals surface area contributed by atoms with Crippen molar-refractivity contribution in [3.8, 4) is 0 Å². The first-order valence-corrected chi connectivity index (χ1v) is 3.38. The fourth-order valence-electron chi connectivity index (χ4n) is 0. The molecule has 0 bridgehead atoms. The van der Waals surface area contributed by atoms with Gasteiger partial charge >= 0.3 is 0 Å². The molecule has 1 unspecified atom stereocenters. The summed E-state index contributed by atoms with van der Waals surface area (Å²) in [4.78, 5) is 0. The Morgan fingerprint density at radius 1 is 1.00 bits per heavy atom. The van der Waals surface area contributed by atoms with Gasteiger partial charge in [0.2, 0.25) is 0 Å². The van der Waals surface area contributed by atoms with Gasteiger partial charge in [-0.3, -0.25) is 11.7 Å². The van der Waals surface area contributed by atoms with E-state index in [-0.39, 0.29) is 6.04 Å². The van der Waals surface area contributed by atoms with Gasteiger partial charge in [-0.15, -0.1) is 0 Å². The van der Waals surface area contributed by atoms with E-state index in [1.165, 1.54) is 0 Å². The maximum atomic E-state index is 5.17. The van der Waals surface area contributed by atoms with E-state index in [1.54, 1.807) is 0 Å². The largest absolute Gasteiger partial charge is 0.329 e. The Balaban J connectivity index is -0.0000000965. The van der Waals surface area contributed by atoms with Crippen LogP contribution in [0.4, 0.5) is 0 Å². The average molecular weight is 166 g/mol. The van der Waals surface area contributed by atoms with Gasteiger partial charge in [-0.1, -0.05) is 0 Å². The van der Waals surface area contributed by atoms with Crippen LogP contribution in [0.25, 0.3) is 0 Å². The van der Waals surface area contributed by atoms with E-state index in [0.29, 0.717) is 19.6 Å². The zero-order valence-corrected chi connectivity index (χ0v) is 7.16. The van der Waals surface area contributed by atoms with Crippen molar-refractivity contribution in [2.24, 2.45) is 34.6 Å². The SMILES string of the molecule is CC(N)CN.NCCN.NN. The molecule has 0 aromatic carbocycles. The van der Waals surface area contributed by atoms with Gasteiger partial charge < -0.3 is 22.9 Å². The monoisotopic (exact) mass is 166 g/mol. The third-order valence-electron chi connectivity index (χ3n) is 0.538. The molecule has 0 spiro atoms. The minimum atomic E-state index is 0.162. The topological polar surface area (TPSA) is 156 Å². The van der Waals surface area contributed by atoms with Gasteiger partial charge in [-0.05, 0) is 6.92 Å². The molecule has 11 heavy (non-hydrogen) atoms. The second-order valence-electron chi connectivity index (χ2n) is 1.79. The maximum absolute atomic E-state index is 5.17. The fraction of sp³-hybridized carbons (Fsp3) is 1.00. The normalized spacial score (nSPS) is 10.1. The van der Waals surface area contributed by atoms with Crippen LogP contribution in [0.2, 0.25) is 0 Å². The van der Waals surface area contributed by atoms with Crippen molar-refractivity contribution >= 4 is 0 Å². The van der Waals surface area contributed by atoms with Crippen LogP contribution in [-0.4, -0.2) is 25.7 Å². The lowest BCUT2D eigenvalue weighted by Gasteiger charge is -1.92. The van der Waals surface area contributed by atoms with E-state index in [9.17, 15) is 0 Å². The summed E-state index contributed by atoms with van der Waals surface area (Å²) in [6.07, 6.45) is 0. The third kappa shape index (κ3) is 77.2. The molecule has 0 radical (unpaired) electrons. The Hall–Kier alpha value is -0.240. The van der Waals surface area contributed by atoms with Gasteiger partial charge in [0.25, 0.3) is 0 Å². The Morgan fingerprint density at radius 3 is 1.18 bits per heavy atom. The highest BCUT2D eigenvalue weighted by Gasteiger charge is 1.79. The van der Waals surface area contributed by atoms with Crippen LogP contribution in [-0.2, 0) is 0 Å². The fourth-order valence-corrected chi connectivity index (χ4v) is 0. The maximum Gasteiger partial charge on any atom is 0.0134 e. The molecule has 0 aromatic heterocycles. The molecular formula is C5H22N6. The molecule has 0 saturated carbocycles. The predicted octanol–water partition coefficient (Wildman–Crippen LogP) is -2.99. The van der Waals surface area contributed by atoms with Crippen molar-refractivity contribution in [1.29, 1.82) is 0 Å². The van der Waals surface area contributed by atoms with Crippen LogP contribution in [0.1, 0.15) is 6.92 Å². The first kappa shape index (κ1) is 17.0. The molecule has 6 heteroatoms. The summed E-state index contributed by atoms with van der Waals surface area (Å²) < 4.78 is 0. The molecule has 6 nitrogen and oxygen atoms in total. The molecule has 0 saturated heterocycles. The first-order chi connectivity index (χ1) is 5.18. The summed E-state index contributed by atoms with van der Waals surface area (Å²) in [7, 11) is 0. The molecule has 0 aliphatic rings. The quantitative estimate of drug-likeness (QED) is 0.190. The number of rotatable bonds is 2. The standard InChI is InChI=1S/C3H10N2.C2H8N2.H4N2/c1-3(5)2-4;3-1-2-4;1-2/h3H,2,4-5H2,1H3;1-4H2;1-2H2. The third-order valence-corrected chi connectivity index (χ3v) is 0.538. The second kappa shape index (κ2) is 22.6. The lowest BCUT2D eigenvalue weighted by molar-refractivity contribution is 0.752. The molecule has 0 aliphatic heterocycles. The van der Waals surface area contributed by atoms with E-state index in [4.69, 9.17) is 22.9 Å². The Kier molecular flexibility index (Phi) is 34.9. The molecule has 0 fully saturated rings.